The van der Waals surface area contributed by atoms with E-state index in [1.54, 1.807) is 170 Å². The largest absolute Gasteiger partial charge is 1.00 e. The van der Waals surface area contributed by atoms with E-state index in [1.807, 2.05) is 129 Å². The van der Waals surface area contributed by atoms with Gasteiger partial charge in [-0.05, 0) is 311 Å². The minimum Gasteiger partial charge on any atom is -0.870 e. The minimum atomic E-state index is -3.59. The van der Waals surface area contributed by atoms with E-state index in [-0.39, 0.29) is 35.0 Å². The first-order valence-electron chi connectivity index (χ1n) is 42.8. The molecule has 0 aliphatic carbocycles. The summed E-state index contributed by atoms with van der Waals surface area (Å²) in [6, 6.07) is 22.0. The van der Waals surface area contributed by atoms with Gasteiger partial charge in [-0.2, -0.15) is 37.8 Å². The van der Waals surface area contributed by atoms with Crippen molar-refractivity contribution in [3.63, 3.8) is 0 Å². The zero-order valence-electron chi connectivity index (χ0n) is 86.2. The van der Waals surface area contributed by atoms with Crippen LogP contribution in [0.5, 0.6) is 0 Å². The number of pyridine rings is 8. The number of aromatic nitrogens is 17. The Kier molecular flexibility index (Phi) is 54.9. The number of carbonyl (C=O) groups is 4. The number of aliphatic imine (C=N–C) groups is 1. The van der Waals surface area contributed by atoms with E-state index >= 15 is 0 Å². The molecule has 0 atom stereocenters. The number of anilines is 5. The number of ether oxygens (including phenoxy) is 4. The molecule has 55 heteroatoms. The van der Waals surface area contributed by atoms with Crippen LogP contribution in [0.15, 0.2) is 171 Å². The van der Waals surface area contributed by atoms with Gasteiger partial charge >= 0.3 is 65.5 Å². The number of hydrogen-bond acceptors (Lipinski definition) is 34. The van der Waals surface area contributed by atoms with Crippen LogP contribution >= 0.6 is 131 Å². The number of nitrogens with two attached hydrogens (primary N) is 3. The second kappa shape index (κ2) is 60.5. The van der Waals surface area contributed by atoms with Gasteiger partial charge < -0.3 is 46.6 Å². The fourth-order valence-corrected chi connectivity index (χ4v) is 15.6. The number of allylic oxidation sites excluding steroid dienone is 1. The van der Waals surface area contributed by atoms with E-state index in [2.05, 4.69) is 181 Å². The Morgan fingerprint density at radius 2 is 0.919 bits per heavy atom. The predicted octanol–water partition coefficient (Wildman–Crippen LogP) is 16.4. The van der Waals surface area contributed by atoms with Crippen molar-refractivity contribution in [3.05, 3.63) is 237 Å². The number of carbonyl (C=O) groups excluding carboxylic acids is 4. The third-order valence-corrected chi connectivity index (χ3v) is 24.3. The van der Waals surface area contributed by atoms with Crippen molar-refractivity contribution >= 4 is 279 Å². The minimum absolute atomic E-state index is 0. The normalized spacial score (nSPS) is 11.3. The number of halogens is 7. The summed E-state index contributed by atoms with van der Waals surface area (Å²) in [7, 11) is -2.53. The average molecular weight is 2760 g/mol. The van der Waals surface area contributed by atoms with E-state index in [9.17, 15) is 52.8 Å². The van der Waals surface area contributed by atoms with Gasteiger partial charge in [0, 0.05) is 208 Å². The Morgan fingerprint density at radius 1 is 0.510 bits per heavy atom. The molecule has 0 bridgehead atoms. The van der Waals surface area contributed by atoms with Crippen molar-refractivity contribution in [2.45, 2.75) is 161 Å². The molecule has 1 aliphatic rings. The summed E-state index contributed by atoms with van der Waals surface area (Å²) in [5, 5.41) is 14.5. The average Bonchev–Trinajstić information content (AvgIpc) is 1.60. The molecule has 0 fully saturated rings. The van der Waals surface area contributed by atoms with Gasteiger partial charge in [0.1, 0.15) is 22.4 Å². The molecule has 9 N–H and O–H groups in total. The van der Waals surface area contributed by atoms with Crippen molar-refractivity contribution < 1.29 is 115 Å². The molecule has 42 nitrogen and oxygen atoms in total. The van der Waals surface area contributed by atoms with Crippen LogP contribution in [-0.4, -0.2) is 222 Å². The Balaban J connectivity index is 0.000000575. The molecule has 0 radical (unpaired) electrons. The molecule has 14 aromatic rings. The van der Waals surface area contributed by atoms with E-state index in [0.717, 1.165) is 133 Å². The summed E-state index contributed by atoms with van der Waals surface area (Å²) >= 11 is 9.30. The van der Waals surface area contributed by atoms with Crippen LogP contribution in [0, 0.1) is 82.0 Å². The molecule has 15 rings (SSSR count). The number of rotatable bonds is 8. The predicted molar refractivity (Wildman–Crippen MR) is 623 cm³/mol. The van der Waals surface area contributed by atoms with Crippen LogP contribution in [0.25, 0.3) is 60.8 Å². The number of nitrogens with one attached hydrogen (secondary N) is 2. The van der Waals surface area contributed by atoms with Gasteiger partial charge in [-0.3, -0.25) is 53.9 Å². The van der Waals surface area contributed by atoms with Crippen LogP contribution in [-0.2, 0) is 69.6 Å². The van der Waals surface area contributed by atoms with Crippen molar-refractivity contribution in [2.24, 2.45) is 4.99 Å². The fraction of sp³-hybridized carbons (Fsp3) is 0.319. The Bertz CT molecular complexity index is 7580. The van der Waals surface area contributed by atoms with E-state index in [0.29, 0.717) is 61.6 Å². The maximum atomic E-state index is 13.0. The summed E-state index contributed by atoms with van der Waals surface area (Å²) in [5.74, 6) is 2.37. The van der Waals surface area contributed by atoms with Crippen LogP contribution in [0.3, 0.4) is 0 Å². The SMILES string of the molecule is C#Cc1cnn(C(=O)OC(C)(C)C)c1.CS(=O)(=O)Cl.Cc1cc(N(C)S(C)(=O)=O)c(I)cn1.Cc1cc(N)c(I)cn1.Cc1cc(N)ccn1.Cc1cc(NS(C)(=O)=O)c(I)cn1.Cc1cc2[nH]c(C3=CCN=C3)cc2cn1.Cc1cc2c(cn1)cc(-c1cnn(C(=O)OC(C)(C)C)c1)n2C(=O)OC(C)(C)C.Cc1cc2c(cn1)cc(-c1cnn(C(=O)OC(C)(C)C)c1)n2S(C)(=O)=O.Cc1nccc(N)c1I.ClI.O=S=O.[Na+].[OH-]. The van der Waals surface area contributed by atoms with Crippen molar-refractivity contribution in [3.8, 4) is 34.9 Å². The number of H-pyrrole nitrogens is 1. The van der Waals surface area contributed by atoms with E-state index in [4.69, 9.17) is 51.0 Å². The van der Waals surface area contributed by atoms with Gasteiger partial charge in [-0.25, -0.2) is 61.4 Å². The maximum absolute atomic E-state index is 13.0. The summed E-state index contributed by atoms with van der Waals surface area (Å²) in [4.78, 5) is 89.3. The molecule has 14 aromatic heterocycles. The number of terminal acetylenes is 1. The zero-order valence-corrected chi connectivity index (χ0v) is 105. The van der Waals surface area contributed by atoms with Gasteiger partial charge in [0.15, 0.2) is 0 Å². The zero-order chi connectivity index (χ0) is 112. The molecular formula is C94H115Cl2I5N23NaO19S5. The summed E-state index contributed by atoms with van der Waals surface area (Å²) in [5.41, 5.74) is 31.9. The Labute approximate surface area is 968 Å². The number of aromatic amines is 1. The smallest absolute Gasteiger partial charge is 0.870 e. The van der Waals surface area contributed by atoms with Crippen molar-refractivity contribution in [1.29, 1.82) is 0 Å². The van der Waals surface area contributed by atoms with Crippen LogP contribution in [0.4, 0.5) is 47.6 Å². The van der Waals surface area contributed by atoms with Crippen LogP contribution < -0.4 is 55.8 Å². The number of nitrogen functional groups attached to an aromatic ring is 3. The first kappa shape index (κ1) is 135. The molecule has 0 unspecified atom stereocenters. The third kappa shape index (κ3) is 48.7. The standard InChI is InChI=1S/C21H26N4O4.C17H20N4O4S.C12H11N3.C10H12N2O2.C8H11IN2O2S.C7H9IN2O2S.2C6H7IN2.C6H8N2.CH3ClO2S.ClI.Na.O2S.H2O/c1-13-8-16-14(10-22-13)9-17(25(16)19(27)29-21(5,6)7)15-11-23-24(12-15)18(26)28-20(2,3)4;1-11-6-14-12(8-18-11)7-15(21(14)26(5,23)24)13-9-19-20(10-13)16(22)25-17(2,3)4;1-8-4-11-10(7-14-8)5-12(15-11)9-2-3-13-6-9;1-5-8-6-11-12(7-8)9(13)14-10(2,3)4;1-6-4-8(7(9)5-10-6)11(2)14(3,12)13;1-5-3-7(6(8)4-9-5)10-13(2,11)12;1-4-2-6(8)5(7)3-9-4;1-4-6(7)5(8)2-3-9-4;1-5-4-6(7)2-3-8-5;1-5(2,3)4;1-2;;1-3-2;/h8-12H,1-7H3;6-10H,1-5H3;2,4-7,15H,3H2,1H3;1,6-7H,2-4H3;4-5H,1-3H3;3-4H,1-2H3,(H,9,10);2*2-3H,1H3,(H2,8,9);2-4H,1H3,(H2,7,8);1H3;;;;1H2/q;;;;;;;;;;;+1;;/p-1. The molecule has 15 heterocycles. The summed E-state index contributed by atoms with van der Waals surface area (Å²) in [6.45, 7) is 37.3. The van der Waals surface area contributed by atoms with Crippen molar-refractivity contribution in [2.75, 3.05) is 64.8 Å². The number of sulfonamides is 2. The number of nitrogens with zero attached hydrogens (tertiary/aromatic N) is 18. The summed E-state index contributed by atoms with van der Waals surface area (Å²) < 4.78 is 139. The maximum Gasteiger partial charge on any atom is 1.00 e. The van der Waals surface area contributed by atoms with E-state index in [1.165, 1.54) is 68.9 Å². The number of fused-ring (bicyclic) bond motifs is 3. The van der Waals surface area contributed by atoms with Gasteiger partial charge in [-0.15, -0.1) is 6.42 Å². The second-order valence-corrected chi connectivity index (χ2v) is 48.7. The van der Waals surface area contributed by atoms with E-state index < -0.39 is 97.5 Å². The molecule has 0 spiro atoms. The summed E-state index contributed by atoms with van der Waals surface area (Å²) in [6.07, 6.45) is 33.7. The molecule has 0 aromatic carbocycles. The van der Waals surface area contributed by atoms with Gasteiger partial charge in [0.2, 0.25) is 39.1 Å². The monoisotopic (exact) mass is 2760 g/mol. The van der Waals surface area contributed by atoms with Gasteiger partial charge in [-0.1, -0.05) is 12.0 Å². The van der Waals surface area contributed by atoms with Crippen LogP contribution in [0.1, 0.15) is 140 Å². The topological polar surface area (TPSA) is 594 Å². The van der Waals surface area contributed by atoms with Crippen LogP contribution in [0.2, 0.25) is 0 Å². The molecule has 800 valence electrons. The third-order valence-electron chi connectivity index (χ3n) is 17.5. The molecular weight excluding hydrogens is 2640 g/mol. The number of hydrogen-bond donors (Lipinski definition) is 5. The van der Waals surface area contributed by atoms with Crippen molar-refractivity contribution in [1.82, 2.24) is 82.7 Å². The molecule has 0 saturated heterocycles. The molecule has 149 heavy (non-hydrogen) atoms. The Hall–Kier alpha value is -9.89. The first-order valence-corrected chi connectivity index (χ1v) is 58.8. The molecule has 0 saturated carbocycles. The molecule has 1 aliphatic heterocycles. The number of aryl methyl sites for hydroxylation is 8. The molecule has 0 amide bonds. The van der Waals surface area contributed by atoms with Gasteiger partial charge in [0.05, 0.1) is 116 Å². The second-order valence-electron chi connectivity index (χ2n) is 35.3. The van der Waals surface area contributed by atoms with Gasteiger partial charge in [0.25, 0.3) is 0 Å². The Morgan fingerprint density at radius 3 is 1.34 bits per heavy atom. The fourth-order valence-electron chi connectivity index (χ4n) is 11.5. The quantitative estimate of drug-likeness (QED) is 0.0310. The first-order chi connectivity index (χ1) is 67.9.